The highest BCUT2D eigenvalue weighted by Crippen LogP contribution is 2.42. The van der Waals surface area contributed by atoms with Crippen LogP contribution in [-0.2, 0) is 19.4 Å². The number of fused-ring (bicyclic) bond motifs is 2. The highest BCUT2D eigenvalue weighted by atomic mass is 35.5. The summed E-state index contributed by atoms with van der Waals surface area (Å²) in [6.07, 6.45) is 0.660. The number of nitrogens with one attached hydrogen (secondary N) is 1. The van der Waals surface area contributed by atoms with E-state index in [1.807, 2.05) is 28.9 Å². The minimum absolute atomic E-state index is 0.332. The molecule has 1 aliphatic carbocycles. The second kappa shape index (κ2) is 7.16. The molecule has 5 rings (SSSR count). The smallest absolute Gasteiger partial charge is 0.104 e. The largest absolute Gasteiger partial charge is 0.390 e. The van der Waals surface area contributed by atoms with E-state index in [2.05, 4.69) is 11.4 Å². The molecule has 0 spiro atoms. The van der Waals surface area contributed by atoms with Crippen molar-refractivity contribution in [3.8, 4) is 17.3 Å². The SMILES string of the molecule is N#Cc1cccc(-c2nn([C@@H]3c4cc(Cl)cc(Cl)c4C[C@@H]3O)c3c2CNCC3)c1. The molecule has 0 unspecified atom stereocenters. The minimum atomic E-state index is -0.627. The van der Waals surface area contributed by atoms with Gasteiger partial charge < -0.3 is 10.4 Å². The molecule has 5 nitrogen and oxygen atoms in total. The predicted molar refractivity (Wildman–Crippen MR) is 112 cm³/mol. The molecule has 0 fully saturated rings. The van der Waals surface area contributed by atoms with Gasteiger partial charge in [-0.2, -0.15) is 10.4 Å². The summed E-state index contributed by atoms with van der Waals surface area (Å²) in [5.41, 5.74) is 6.42. The Morgan fingerprint density at radius 3 is 2.90 bits per heavy atom. The van der Waals surface area contributed by atoms with E-state index in [1.165, 1.54) is 0 Å². The van der Waals surface area contributed by atoms with Gasteiger partial charge in [-0.1, -0.05) is 35.3 Å². The van der Waals surface area contributed by atoms with E-state index in [1.54, 1.807) is 12.1 Å². The summed E-state index contributed by atoms with van der Waals surface area (Å²) in [6.45, 7) is 1.55. The number of nitrogens with zero attached hydrogens (tertiary/aromatic N) is 3. The number of nitriles is 1. The zero-order valence-corrected chi connectivity index (χ0v) is 17.0. The van der Waals surface area contributed by atoms with Gasteiger partial charge >= 0.3 is 0 Å². The molecule has 3 aromatic rings. The van der Waals surface area contributed by atoms with E-state index in [9.17, 15) is 10.4 Å². The van der Waals surface area contributed by atoms with Crippen molar-refractivity contribution >= 4 is 23.2 Å². The normalized spacial score (nSPS) is 20.2. The summed E-state index contributed by atoms with van der Waals surface area (Å²) >= 11 is 12.7. The van der Waals surface area contributed by atoms with Crippen LogP contribution < -0.4 is 5.32 Å². The van der Waals surface area contributed by atoms with E-state index in [0.717, 1.165) is 46.6 Å². The van der Waals surface area contributed by atoms with Crippen molar-refractivity contribution < 1.29 is 5.11 Å². The molecule has 0 bridgehead atoms. The van der Waals surface area contributed by atoms with Crippen LogP contribution in [0.5, 0.6) is 0 Å². The summed E-state index contributed by atoms with van der Waals surface area (Å²) < 4.78 is 1.95. The van der Waals surface area contributed by atoms with Crippen LogP contribution in [0.3, 0.4) is 0 Å². The van der Waals surface area contributed by atoms with Crippen LogP contribution in [0.15, 0.2) is 36.4 Å². The number of aliphatic hydroxyl groups excluding tert-OH is 1. The topological polar surface area (TPSA) is 73.9 Å². The Kier molecular flexibility index (Phi) is 4.60. The quantitative estimate of drug-likeness (QED) is 0.654. The van der Waals surface area contributed by atoms with Crippen molar-refractivity contribution in [1.29, 1.82) is 5.26 Å². The third-order valence-corrected chi connectivity index (χ3v) is 6.33. The first-order chi connectivity index (χ1) is 14.1. The van der Waals surface area contributed by atoms with Crippen LogP contribution in [0, 0.1) is 11.3 Å². The molecule has 0 saturated heterocycles. The van der Waals surface area contributed by atoms with Gasteiger partial charge in [0.25, 0.3) is 0 Å². The maximum Gasteiger partial charge on any atom is 0.104 e. The monoisotopic (exact) mass is 424 g/mol. The van der Waals surface area contributed by atoms with Crippen molar-refractivity contribution in [2.75, 3.05) is 6.54 Å². The van der Waals surface area contributed by atoms with Gasteiger partial charge in [-0.25, -0.2) is 0 Å². The molecule has 0 radical (unpaired) electrons. The number of rotatable bonds is 2. The van der Waals surface area contributed by atoms with Crippen molar-refractivity contribution in [2.45, 2.75) is 31.5 Å². The molecule has 29 heavy (non-hydrogen) atoms. The van der Waals surface area contributed by atoms with Gasteiger partial charge in [0.1, 0.15) is 6.04 Å². The lowest BCUT2D eigenvalue weighted by Crippen LogP contribution is -2.29. The van der Waals surface area contributed by atoms with Gasteiger partial charge in [-0.05, 0) is 35.4 Å². The molecular weight excluding hydrogens is 407 g/mol. The van der Waals surface area contributed by atoms with Gasteiger partial charge in [-0.15, -0.1) is 0 Å². The second-order valence-corrected chi connectivity index (χ2v) is 8.35. The molecule has 146 valence electrons. The number of benzene rings is 2. The van der Waals surface area contributed by atoms with E-state index < -0.39 is 6.10 Å². The molecule has 1 aliphatic heterocycles. The van der Waals surface area contributed by atoms with Crippen molar-refractivity contribution in [1.82, 2.24) is 15.1 Å². The van der Waals surface area contributed by atoms with Crippen LogP contribution in [0.2, 0.25) is 10.0 Å². The predicted octanol–water partition coefficient (Wildman–Crippen LogP) is 3.88. The summed E-state index contributed by atoms with van der Waals surface area (Å²) in [5.74, 6) is 0. The summed E-state index contributed by atoms with van der Waals surface area (Å²) in [5, 5.41) is 29.7. The number of hydrogen-bond acceptors (Lipinski definition) is 4. The molecule has 1 aromatic heterocycles. The maximum atomic E-state index is 10.9. The van der Waals surface area contributed by atoms with Crippen molar-refractivity contribution in [3.63, 3.8) is 0 Å². The Hall–Kier alpha value is -2.36. The van der Waals surface area contributed by atoms with Gasteiger partial charge in [0.05, 0.1) is 23.4 Å². The number of halogens is 2. The first kappa shape index (κ1) is 18.7. The van der Waals surface area contributed by atoms with E-state index >= 15 is 0 Å². The first-order valence-corrected chi connectivity index (χ1v) is 10.3. The summed E-state index contributed by atoms with van der Waals surface area (Å²) in [6, 6.07) is 12.9. The van der Waals surface area contributed by atoms with E-state index in [4.69, 9.17) is 28.3 Å². The molecule has 2 heterocycles. The Bertz CT molecular complexity index is 1160. The number of aliphatic hydroxyl groups is 1. The zero-order valence-electron chi connectivity index (χ0n) is 15.5. The lowest BCUT2D eigenvalue weighted by Gasteiger charge is -2.22. The van der Waals surface area contributed by atoms with Crippen LogP contribution in [0.1, 0.15) is 34.0 Å². The highest BCUT2D eigenvalue weighted by Gasteiger charge is 2.37. The van der Waals surface area contributed by atoms with Crippen molar-refractivity contribution in [3.05, 3.63) is 74.4 Å². The Balaban J connectivity index is 1.70. The van der Waals surface area contributed by atoms with Gasteiger partial charge in [0.2, 0.25) is 0 Å². The number of hydrogen-bond donors (Lipinski definition) is 2. The molecule has 0 saturated carbocycles. The average molecular weight is 425 g/mol. The molecule has 0 amide bonds. The fourth-order valence-corrected chi connectivity index (χ4v) is 5.08. The zero-order chi connectivity index (χ0) is 20.1. The molecule has 2 atom stereocenters. The molecule has 2 aromatic carbocycles. The fraction of sp³-hybridized carbons (Fsp3) is 0.273. The maximum absolute atomic E-state index is 10.9. The van der Waals surface area contributed by atoms with E-state index in [0.29, 0.717) is 28.6 Å². The van der Waals surface area contributed by atoms with E-state index in [-0.39, 0.29) is 6.04 Å². The highest BCUT2D eigenvalue weighted by molar-refractivity contribution is 6.35. The molecule has 2 aliphatic rings. The average Bonchev–Trinajstić information content (AvgIpc) is 3.25. The van der Waals surface area contributed by atoms with Crippen LogP contribution in [-0.4, -0.2) is 27.5 Å². The first-order valence-electron chi connectivity index (χ1n) is 9.54. The second-order valence-electron chi connectivity index (χ2n) is 7.51. The standard InChI is InChI=1S/C22H18Cl2N4O/c23-14-7-16-15(18(24)8-14)9-20(29)22(16)28-19-4-5-26-11-17(19)21(27-28)13-3-1-2-12(6-13)10-25/h1-3,6-8,20,22,26,29H,4-5,9,11H2/t20-,22+/m0/s1. The molecule has 7 heteroatoms. The third-order valence-electron chi connectivity index (χ3n) is 5.78. The van der Waals surface area contributed by atoms with Crippen LogP contribution >= 0.6 is 23.2 Å². The van der Waals surface area contributed by atoms with Gasteiger partial charge in [0, 0.05) is 52.8 Å². The van der Waals surface area contributed by atoms with Crippen LogP contribution in [0.25, 0.3) is 11.3 Å². The van der Waals surface area contributed by atoms with Crippen LogP contribution in [0.4, 0.5) is 0 Å². The minimum Gasteiger partial charge on any atom is -0.390 e. The number of aromatic nitrogens is 2. The summed E-state index contributed by atoms with van der Waals surface area (Å²) in [4.78, 5) is 0. The van der Waals surface area contributed by atoms with Gasteiger partial charge in [-0.3, -0.25) is 4.68 Å². The Morgan fingerprint density at radius 1 is 1.21 bits per heavy atom. The fourth-order valence-electron chi connectivity index (χ4n) is 4.50. The summed E-state index contributed by atoms with van der Waals surface area (Å²) in [7, 11) is 0. The lowest BCUT2D eigenvalue weighted by atomic mass is 10.00. The Labute approximate surface area is 178 Å². The van der Waals surface area contributed by atoms with Crippen molar-refractivity contribution in [2.24, 2.45) is 0 Å². The Morgan fingerprint density at radius 2 is 2.07 bits per heavy atom. The molecule has 2 N–H and O–H groups in total. The van der Waals surface area contributed by atoms with Gasteiger partial charge in [0.15, 0.2) is 0 Å². The third kappa shape index (κ3) is 3.04. The molecular formula is C22H18Cl2N4O. The lowest BCUT2D eigenvalue weighted by molar-refractivity contribution is 0.137.